The second kappa shape index (κ2) is 8.35. The number of nitrogens with two attached hydrogens (primary N) is 1. The predicted molar refractivity (Wildman–Crippen MR) is 104 cm³/mol. The van der Waals surface area contributed by atoms with Crippen LogP contribution in [0, 0.1) is 6.92 Å². The van der Waals surface area contributed by atoms with Crippen LogP contribution in [-0.2, 0) is 4.74 Å². The molecule has 1 unspecified atom stereocenters. The highest BCUT2D eigenvalue weighted by molar-refractivity contribution is 5.96. The van der Waals surface area contributed by atoms with E-state index in [9.17, 15) is 4.79 Å². The average molecular weight is 370 g/mol. The molecule has 1 aromatic heterocycles. The number of carbonyl (C=O) groups is 1. The van der Waals surface area contributed by atoms with Gasteiger partial charge < -0.3 is 20.1 Å². The molecular formula is C20H26N4O3. The Balaban J connectivity index is 2.09. The summed E-state index contributed by atoms with van der Waals surface area (Å²) >= 11 is 0. The number of nitrogens with zero attached hydrogens (tertiary/aromatic N) is 3. The molecule has 7 nitrogen and oxygen atoms in total. The number of benzene rings is 1. The van der Waals surface area contributed by atoms with Crippen LogP contribution in [-0.4, -0.2) is 42.6 Å². The number of hydrogen-bond acceptors (Lipinski definition) is 7. The molecule has 0 saturated carbocycles. The van der Waals surface area contributed by atoms with E-state index < -0.39 is 0 Å². The number of rotatable bonds is 5. The van der Waals surface area contributed by atoms with E-state index >= 15 is 0 Å². The van der Waals surface area contributed by atoms with Crippen molar-refractivity contribution in [3.8, 4) is 5.75 Å². The lowest BCUT2D eigenvalue weighted by Gasteiger charge is -2.32. The lowest BCUT2D eigenvalue weighted by atomic mass is 9.99. The van der Waals surface area contributed by atoms with Crippen molar-refractivity contribution < 1.29 is 14.3 Å². The molecule has 0 radical (unpaired) electrons. The number of anilines is 2. The number of aryl methyl sites for hydroxylation is 1. The minimum atomic E-state index is -0.138. The van der Waals surface area contributed by atoms with Crippen LogP contribution in [0.1, 0.15) is 47.4 Å². The molecule has 1 aliphatic rings. The molecule has 0 aliphatic carbocycles. The molecule has 1 aliphatic heterocycles. The van der Waals surface area contributed by atoms with Gasteiger partial charge in [-0.05, 0) is 31.5 Å². The maximum absolute atomic E-state index is 12.2. The normalized spacial score (nSPS) is 17.4. The Hall–Kier alpha value is -2.67. The smallest absolute Gasteiger partial charge is 0.222 e. The second-order valence-corrected chi connectivity index (χ2v) is 6.60. The first-order valence-electron chi connectivity index (χ1n) is 9.20. The Labute approximate surface area is 159 Å². The minimum absolute atomic E-state index is 0.0992. The van der Waals surface area contributed by atoms with Gasteiger partial charge in [0.05, 0.1) is 19.8 Å². The molecule has 0 amide bonds. The van der Waals surface area contributed by atoms with Gasteiger partial charge in [-0.3, -0.25) is 4.79 Å². The summed E-state index contributed by atoms with van der Waals surface area (Å²) in [7, 11) is 1.63. The summed E-state index contributed by atoms with van der Waals surface area (Å²) in [5, 5.41) is 0. The van der Waals surface area contributed by atoms with E-state index in [0.29, 0.717) is 25.2 Å². The molecule has 7 heteroatoms. The van der Waals surface area contributed by atoms with E-state index in [0.717, 1.165) is 35.8 Å². The van der Waals surface area contributed by atoms with Gasteiger partial charge in [0, 0.05) is 42.5 Å². The lowest BCUT2D eigenvalue weighted by Crippen LogP contribution is -2.32. The zero-order valence-corrected chi connectivity index (χ0v) is 16.1. The summed E-state index contributed by atoms with van der Waals surface area (Å²) < 4.78 is 11.4. The monoisotopic (exact) mass is 370 g/mol. The van der Waals surface area contributed by atoms with Gasteiger partial charge in [0.25, 0.3) is 0 Å². The number of aromatic nitrogens is 2. The third kappa shape index (κ3) is 4.19. The van der Waals surface area contributed by atoms with Crippen LogP contribution in [0.25, 0.3) is 0 Å². The van der Waals surface area contributed by atoms with Crippen LogP contribution in [0.4, 0.5) is 11.8 Å². The number of nitrogen functional groups attached to an aromatic ring is 1. The molecule has 2 heterocycles. The second-order valence-electron chi connectivity index (χ2n) is 6.60. The molecule has 1 atom stereocenters. The highest BCUT2D eigenvalue weighted by atomic mass is 16.5. The van der Waals surface area contributed by atoms with Gasteiger partial charge in [-0.1, -0.05) is 6.92 Å². The summed E-state index contributed by atoms with van der Waals surface area (Å²) in [6.07, 6.45) is 1.33. The van der Waals surface area contributed by atoms with Crippen molar-refractivity contribution in [3.05, 3.63) is 41.1 Å². The maximum Gasteiger partial charge on any atom is 0.222 e. The molecule has 144 valence electrons. The molecule has 27 heavy (non-hydrogen) atoms. The standard InChI is InChI=1S/C20H26N4O3/c1-4-17(25)14-6-7-18(26-3)15(11-14)16-12-27-9-5-8-24(16)19-10-13(2)22-20(21)23-19/h6-7,10-11,16H,4-5,8-9,12H2,1-3H3,(H2,21,22,23). The first kappa shape index (κ1) is 19.1. The van der Waals surface area contributed by atoms with E-state index in [2.05, 4.69) is 14.9 Å². The Morgan fingerprint density at radius 2 is 2.19 bits per heavy atom. The van der Waals surface area contributed by atoms with E-state index in [-0.39, 0.29) is 17.8 Å². The summed E-state index contributed by atoms with van der Waals surface area (Å²) in [6, 6.07) is 7.35. The number of carbonyl (C=O) groups excluding carboxylic acids is 1. The number of methoxy groups -OCH3 is 1. The van der Waals surface area contributed by atoms with E-state index in [1.807, 2.05) is 38.1 Å². The molecule has 0 spiro atoms. The zero-order chi connectivity index (χ0) is 19.4. The SMILES string of the molecule is CCC(=O)c1ccc(OC)c(C2COCCCN2c2cc(C)nc(N)n2)c1. The summed E-state index contributed by atoms with van der Waals surface area (Å²) in [4.78, 5) is 23.0. The highest BCUT2D eigenvalue weighted by Crippen LogP contribution is 2.35. The van der Waals surface area contributed by atoms with Gasteiger partial charge in [-0.2, -0.15) is 4.98 Å². The number of ether oxygens (including phenoxy) is 2. The quantitative estimate of drug-likeness (QED) is 0.809. The average Bonchev–Trinajstić information content (AvgIpc) is 2.92. The molecule has 1 saturated heterocycles. The third-order valence-electron chi connectivity index (χ3n) is 4.72. The first-order valence-corrected chi connectivity index (χ1v) is 9.20. The number of Topliss-reactive ketones (excluding diaryl/α,β-unsaturated/α-hetero) is 1. The van der Waals surface area contributed by atoms with Crippen molar-refractivity contribution >= 4 is 17.5 Å². The molecule has 2 N–H and O–H groups in total. The van der Waals surface area contributed by atoms with Gasteiger partial charge in [0.15, 0.2) is 5.78 Å². The van der Waals surface area contributed by atoms with E-state index in [4.69, 9.17) is 15.2 Å². The van der Waals surface area contributed by atoms with Crippen molar-refractivity contribution in [2.45, 2.75) is 32.7 Å². The highest BCUT2D eigenvalue weighted by Gasteiger charge is 2.28. The van der Waals surface area contributed by atoms with Gasteiger partial charge in [0.1, 0.15) is 11.6 Å². The Bertz CT molecular complexity index is 805. The van der Waals surface area contributed by atoms with E-state index in [1.54, 1.807) is 7.11 Å². The van der Waals surface area contributed by atoms with Crippen LogP contribution < -0.4 is 15.4 Å². The molecule has 1 fully saturated rings. The fraction of sp³-hybridized carbons (Fsp3) is 0.450. The third-order valence-corrected chi connectivity index (χ3v) is 4.72. The van der Waals surface area contributed by atoms with Crippen LogP contribution in [0.5, 0.6) is 5.75 Å². The van der Waals surface area contributed by atoms with Gasteiger partial charge in [0.2, 0.25) is 5.95 Å². The molecule has 3 rings (SSSR count). The van der Waals surface area contributed by atoms with Crippen LogP contribution >= 0.6 is 0 Å². The summed E-state index contributed by atoms with van der Waals surface area (Å²) in [5.41, 5.74) is 8.27. The molecule has 1 aromatic carbocycles. The van der Waals surface area contributed by atoms with Gasteiger partial charge in [-0.25, -0.2) is 4.98 Å². The van der Waals surface area contributed by atoms with E-state index in [1.165, 1.54) is 0 Å². The van der Waals surface area contributed by atoms with Crippen molar-refractivity contribution in [1.82, 2.24) is 9.97 Å². The lowest BCUT2D eigenvalue weighted by molar-refractivity contribution is 0.0987. The fourth-order valence-corrected chi connectivity index (χ4v) is 3.40. The van der Waals surface area contributed by atoms with Crippen molar-refractivity contribution in [2.75, 3.05) is 37.5 Å². The maximum atomic E-state index is 12.2. The Kier molecular flexibility index (Phi) is 5.91. The van der Waals surface area contributed by atoms with Gasteiger partial charge >= 0.3 is 0 Å². The fourth-order valence-electron chi connectivity index (χ4n) is 3.40. The number of ketones is 1. The Morgan fingerprint density at radius 3 is 2.89 bits per heavy atom. The van der Waals surface area contributed by atoms with Crippen LogP contribution in [0.15, 0.2) is 24.3 Å². The molecule has 0 bridgehead atoms. The van der Waals surface area contributed by atoms with Crippen LogP contribution in [0.2, 0.25) is 0 Å². The summed E-state index contributed by atoms with van der Waals surface area (Å²) in [6.45, 7) is 5.66. The largest absolute Gasteiger partial charge is 0.496 e. The minimum Gasteiger partial charge on any atom is -0.496 e. The topological polar surface area (TPSA) is 90.6 Å². The zero-order valence-electron chi connectivity index (χ0n) is 16.1. The van der Waals surface area contributed by atoms with Crippen LogP contribution in [0.3, 0.4) is 0 Å². The molecular weight excluding hydrogens is 344 g/mol. The van der Waals surface area contributed by atoms with Crippen molar-refractivity contribution in [3.63, 3.8) is 0 Å². The van der Waals surface area contributed by atoms with Gasteiger partial charge in [-0.15, -0.1) is 0 Å². The van der Waals surface area contributed by atoms with Crippen molar-refractivity contribution in [1.29, 1.82) is 0 Å². The molecule has 2 aromatic rings. The number of hydrogen-bond donors (Lipinski definition) is 1. The summed E-state index contributed by atoms with van der Waals surface area (Å²) in [5.74, 6) is 1.82. The Morgan fingerprint density at radius 1 is 1.37 bits per heavy atom. The predicted octanol–water partition coefficient (Wildman–Crippen LogP) is 2.94. The van der Waals surface area contributed by atoms with Crippen molar-refractivity contribution in [2.24, 2.45) is 0 Å². The first-order chi connectivity index (χ1) is 13.0.